The molecule has 0 aromatic heterocycles. The fraction of sp³-hybridized carbons (Fsp3) is 0.500. The average Bonchev–Trinajstić information content (AvgIpc) is 2.25. The van der Waals surface area contributed by atoms with Gasteiger partial charge in [-0.3, -0.25) is 0 Å². The molecule has 0 aliphatic carbocycles. The molecule has 1 aliphatic rings. The van der Waals surface area contributed by atoms with Crippen molar-refractivity contribution in [2.45, 2.75) is 23.1 Å². The summed E-state index contributed by atoms with van der Waals surface area (Å²) < 4.78 is 1.19. The van der Waals surface area contributed by atoms with Gasteiger partial charge in [0.15, 0.2) is 0 Å². The third-order valence-corrected chi connectivity index (χ3v) is 5.22. The maximum absolute atomic E-state index is 3.64. The lowest BCUT2D eigenvalue weighted by Crippen LogP contribution is -2.44. The monoisotopic (exact) mass is 300 g/mol. The van der Waals surface area contributed by atoms with Crippen molar-refractivity contribution in [3.05, 3.63) is 22.7 Å². The zero-order chi connectivity index (χ0) is 11.7. The van der Waals surface area contributed by atoms with Gasteiger partial charge in [0.2, 0.25) is 0 Å². The van der Waals surface area contributed by atoms with Crippen molar-refractivity contribution in [3.63, 3.8) is 0 Å². The second-order valence-corrected chi connectivity index (χ2v) is 6.29. The van der Waals surface area contributed by atoms with Crippen LogP contribution in [0.25, 0.3) is 0 Å². The van der Waals surface area contributed by atoms with E-state index in [2.05, 4.69) is 58.3 Å². The standard InChI is InChI=1S/C12H17BrN2S/c1-8-11(7-14-2)16-10-6-4-5-9(13)12(10)15(8)3/h4-6,8,11,14H,7H2,1-3H3. The zero-order valence-corrected chi connectivity index (χ0v) is 12.2. The lowest BCUT2D eigenvalue weighted by atomic mass is 10.1. The first kappa shape index (κ1) is 12.3. The number of halogens is 1. The van der Waals surface area contributed by atoms with E-state index in [-0.39, 0.29) is 0 Å². The second kappa shape index (κ2) is 4.98. The summed E-state index contributed by atoms with van der Waals surface area (Å²) in [5.41, 5.74) is 1.33. The van der Waals surface area contributed by atoms with E-state index in [0.29, 0.717) is 11.3 Å². The van der Waals surface area contributed by atoms with Crippen LogP contribution in [0.4, 0.5) is 5.69 Å². The number of hydrogen-bond donors (Lipinski definition) is 1. The van der Waals surface area contributed by atoms with Crippen LogP contribution >= 0.6 is 27.7 Å². The number of rotatable bonds is 2. The van der Waals surface area contributed by atoms with Crippen LogP contribution in [0, 0.1) is 0 Å². The molecule has 0 amide bonds. The molecule has 0 spiro atoms. The molecule has 0 radical (unpaired) electrons. The molecule has 1 aromatic carbocycles. The zero-order valence-electron chi connectivity index (χ0n) is 9.83. The molecule has 88 valence electrons. The molecule has 2 atom stereocenters. The Morgan fingerprint density at radius 1 is 1.50 bits per heavy atom. The summed E-state index contributed by atoms with van der Waals surface area (Å²) in [5, 5.41) is 3.88. The van der Waals surface area contributed by atoms with E-state index in [1.807, 2.05) is 18.8 Å². The van der Waals surface area contributed by atoms with Gasteiger partial charge in [-0.05, 0) is 42.0 Å². The van der Waals surface area contributed by atoms with Gasteiger partial charge < -0.3 is 10.2 Å². The van der Waals surface area contributed by atoms with Crippen LogP contribution in [-0.4, -0.2) is 31.9 Å². The molecule has 0 saturated carbocycles. The molecule has 2 unspecified atom stereocenters. The first-order valence-electron chi connectivity index (χ1n) is 5.47. The van der Waals surface area contributed by atoms with Crippen LogP contribution in [0.15, 0.2) is 27.6 Å². The molecule has 0 bridgehead atoms. The first-order valence-corrected chi connectivity index (χ1v) is 7.15. The van der Waals surface area contributed by atoms with Gasteiger partial charge in [0.1, 0.15) is 0 Å². The molecule has 16 heavy (non-hydrogen) atoms. The number of hydrogen-bond acceptors (Lipinski definition) is 3. The first-order chi connectivity index (χ1) is 7.65. The van der Waals surface area contributed by atoms with E-state index in [4.69, 9.17) is 0 Å². The minimum atomic E-state index is 0.545. The number of anilines is 1. The molecule has 2 rings (SSSR count). The van der Waals surface area contributed by atoms with Crippen LogP contribution in [0.2, 0.25) is 0 Å². The highest BCUT2D eigenvalue weighted by Crippen LogP contribution is 2.44. The Morgan fingerprint density at radius 2 is 2.25 bits per heavy atom. The number of fused-ring (bicyclic) bond motifs is 1. The van der Waals surface area contributed by atoms with E-state index in [0.717, 1.165) is 6.54 Å². The third kappa shape index (κ3) is 2.11. The lowest BCUT2D eigenvalue weighted by Gasteiger charge is -2.39. The van der Waals surface area contributed by atoms with Gasteiger partial charge in [-0.1, -0.05) is 6.07 Å². The Kier molecular flexibility index (Phi) is 3.82. The van der Waals surface area contributed by atoms with E-state index in [1.54, 1.807) is 0 Å². The summed E-state index contributed by atoms with van der Waals surface area (Å²) in [6.45, 7) is 3.33. The molecule has 4 heteroatoms. The maximum atomic E-state index is 3.64. The van der Waals surface area contributed by atoms with Crippen LogP contribution < -0.4 is 10.2 Å². The molecule has 1 aromatic rings. The molecule has 1 N–H and O–H groups in total. The molecular formula is C12H17BrN2S. The summed E-state index contributed by atoms with van der Waals surface area (Å²) in [7, 11) is 4.19. The van der Waals surface area contributed by atoms with Crippen molar-refractivity contribution in [1.29, 1.82) is 0 Å². The van der Waals surface area contributed by atoms with Crippen molar-refractivity contribution < 1.29 is 0 Å². The van der Waals surface area contributed by atoms with Gasteiger partial charge >= 0.3 is 0 Å². The van der Waals surface area contributed by atoms with Crippen molar-refractivity contribution in [2.75, 3.05) is 25.5 Å². The topological polar surface area (TPSA) is 15.3 Å². The molecule has 1 heterocycles. The third-order valence-electron chi connectivity index (χ3n) is 3.14. The number of thioether (sulfide) groups is 1. The highest BCUT2D eigenvalue weighted by atomic mass is 79.9. The summed E-state index contributed by atoms with van der Waals surface area (Å²) in [6.07, 6.45) is 0. The summed E-state index contributed by atoms with van der Waals surface area (Å²) >= 11 is 5.61. The largest absolute Gasteiger partial charge is 0.369 e. The maximum Gasteiger partial charge on any atom is 0.0649 e. The van der Waals surface area contributed by atoms with Crippen LogP contribution in [0.5, 0.6) is 0 Å². The van der Waals surface area contributed by atoms with Gasteiger partial charge in [-0.25, -0.2) is 0 Å². The summed E-state index contributed by atoms with van der Waals surface area (Å²) in [6, 6.07) is 6.97. The van der Waals surface area contributed by atoms with E-state index < -0.39 is 0 Å². The van der Waals surface area contributed by atoms with Crippen LogP contribution in [0.1, 0.15) is 6.92 Å². The van der Waals surface area contributed by atoms with Crippen molar-refractivity contribution in [1.82, 2.24) is 5.32 Å². The predicted molar refractivity (Wildman–Crippen MR) is 75.6 cm³/mol. The molecule has 0 saturated heterocycles. The van der Waals surface area contributed by atoms with E-state index in [9.17, 15) is 0 Å². The SMILES string of the molecule is CNCC1Sc2cccc(Br)c2N(C)C1C. The number of para-hydroxylation sites is 1. The number of nitrogens with one attached hydrogen (secondary N) is 1. The quantitative estimate of drug-likeness (QED) is 0.904. The van der Waals surface area contributed by atoms with Crippen molar-refractivity contribution in [3.8, 4) is 0 Å². The van der Waals surface area contributed by atoms with Gasteiger partial charge in [0.25, 0.3) is 0 Å². The average molecular weight is 301 g/mol. The van der Waals surface area contributed by atoms with E-state index in [1.165, 1.54) is 15.1 Å². The van der Waals surface area contributed by atoms with E-state index >= 15 is 0 Å². The minimum Gasteiger partial charge on any atom is -0.369 e. The molecular weight excluding hydrogens is 284 g/mol. The Bertz CT molecular complexity index is 383. The predicted octanol–water partition coefficient (Wildman–Crippen LogP) is 2.97. The Morgan fingerprint density at radius 3 is 2.94 bits per heavy atom. The fourth-order valence-corrected chi connectivity index (χ4v) is 4.32. The summed E-state index contributed by atoms with van der Waals surface area (Å²) in [4.78, 5) is 3.74. The van der Waals surface area contributed by atoms with Gasteiger partial charge in [-0.15, -0.1) is 11.8 Å². The Balaban J connectivity index is 2.36. The minimum absolute atomic E-state index is 0.545. The van der Waals surface area contributed by atoms with Gasteiger partial charge in [-0.2, -0.15) is 0 Å². The van der Waals surface area contributed by atoms with Gasteiger partial charge in [0, 0.05) is 34.3 Å². The fourth-order valence-electron chi connectivity index (χ4n) is 2.06. The second-order valence-electron chi connectivity index (χ2n) is 4.15. The Hall–Kier alpha value is -0.190. The van der Waals surface area contributed by atoms with Gasteiger partial charge in [0.05, 0.1) is 5.69 Å². The number of nitrogens with zero attached hydrogens (tertiary/aromatic N) is 1. The summed E-state index contributed by atoms with van der Waals surface area (Å²) in [5.74, 6) is 0. The van der Waals surface area contributed by atoms with Crippen molar-refractivity contribution >= 4 is 33.4 Å². The highest BCUT2D eigenvalue weighted by Gasteiger charge is 2.30. The van der Waals surface area contributed by atoms with Crippen LogP contribution in [0.3, 0.4) is 0 Å². The lowest BCUT2D eigenvalue weighted by molar-refractivity contribution is 0.602. The molecule has 0 fully saturated rings. The highest BCUT2D eigenvalue weighted by molar-refractivity contribution is 9.10. The number of benzene rings is 1. The van der Waals surface area contributed by atoms with Crippen LogP contribution in [-0.2, 0) is 0 Å². The smallest absolute Gasteiger partial charge is 0.0649 e. The van der Waals surface area contributed by atoms with Crippen molar-refractivity contribution in [2.24, 2.45) is 0 Å². The molecule has 1 aliphatic heterocycles. The Labute approximate surface area is 110 Å². The molecule has 2 nitrogen and oxygen atoms in total. The normalized spacial score (nSPS) is 24.4.